The third-order valence-electron chi connectivity index (χ3n) is 2.60. The average molecular weight is 344 g/mol. The van der Waals surface area contributed by atoms with Gasteiger partial charge in [0.05, 0.1) is 17.7 Å². The van der Waals surface area contributed by atoms with Crippen LogP contribution < -0.4 is 4.74 Å². The molecule has 0 bridgehead atoms. The molecule has 0 aromatic heterocycles. The second kappa shape index (κ2) is 5.72. The molecule has 0 aliphatic rings. The molecule has 0 aliphatic heterocycles. The van der Waals surface area contributed by atoms with E-state index < -0.39 is 5.82 Å². The molecule has 0 aliphatic carbocycles. The van der Waals surface area contributed by atoms with Gasteiger partial charge in [0, 0.05) is 10.0 Å². The summed E-state index contributed by atoms with van der Waals surface area (Å²) in [6.45, 7) is 0. The van der Waals surface area contributed by atoms with Crippen molar-refractivity contribution in [3.8, 4) is 5.75 Å². The number of carbonyl (C=O) groups excluding carboxylic acids is 1. The molecule has 0 heterocycles. The molecule has 0 fully saturated rings. The van der Waals surface area contributed by atoms with Crippen LogP contribution in [0.4, 0.5) is 4.39 Å². The van der Waals surface area contributed by atoms with Crippen LogP contribution in [-0.4, -0.2) is 12.9 Å². The third-order valence-corrected chi connectivity index (χ3v) is 3.48. The van der Waals surface area contributed by atoms with E-state index in [1.54, 1.807) is 18.2 Å². The standard InChI is InChI=1S/C14H9BrClFO2/c1-19-12-6-5-8(15)7-10(12)14(18)9-3-2-4-11(17)13(9)16/h2-7H,1H3. The normalized spacial score (nSPS) is 10.3. The Hall–Kier alpha value is -1.39. The first-order chi connectivity index (χ1) is 9.04. The highest BCUT2D eigenvalue weighted by Gasteiger charge is 2.19. The maximum absolute atomic E-state index is 13.4. The molecule has 98 valence electrons. The van der Waals surface area contributed by atoms with Crippen molar-refractivity contribution in [2.75, 3.05) is 7.11 Å². The summed E-state index contributed by atoms with van der Waals surface area (Å²) in [5, 5.41) is -0.186. The van der Waals surface area contributed by atoms with E-state index in [1.807, 2.05) is 0 Å². The lowest BCUT2D eigenvalue weighted by Gasteiger charge is -2.09. The van der Waals surface area contributed by atoms with Gasteiger partial charge < -0.3 is 4.74 Å². The molecule has 19 heavy (non-hydrogen) atoms. The first-order valence-corrected chi connectivity index (χ1v) is 6.54. The van der Waals surface area contributed by atoms with E-state index in [1.165, 1.54) is 25.3 Å². The molecule has 0 saturated carbocycles. The van der Waals surface area contributed by atoms with Gasteiger partial charge in [-0.2, -0.15) is 0 Å². The first-order valence-electron chi connectivity index (χ1n) is 5.37. The minimum absolute atomic E-state index is 0.109. The number of benzene rings is 2. The Kier molecular flexibility index (Phi) is 4.22. The minimum atomic E-state index is -0.624. The van der Waals surface area contributed by atoms with Crippen LogP contribution in [0.3, 0.4) is 0 Å². The summed E-state index contributed by atoms with van der Waals surface area (Å²) in [6.07, 6.45) is 0. The highest BCUT2D eigenvalue weighted by Crippen LogP contribution is 2.28. The van der Waals surface area contributed by atoms with Gasteiger partial charge in [-0.25, -0.2) is 4.39 Å². The minimum Gasteiger partial charge on any atom is -0.496 e. The van der Waals surface area contributed by atoms with Crippen LogP contribution in [0.15, 0.2) is 40.9 Å². The van der Waals surface area contributed by atoms with Crippen LogP contribution in [0.1, 0.15) is 15.9 Å². The number of rotatable bonds is 3. The molecule has 0 unspecified atom stereocenters. The average Bonchev–Trinajstić information content (AvgIpc) is 2.41. The van der Waals surface area contributed by atoms with Gasteiger partial charge in [-0.3, -0.25) is 4.79 Å². The van der Waals surface area contributed by atoms with E-state index in [0.29, 0.717) is 11.3 Å². The zero-order valence-corrected chi connectivity index (χ0v) is 12.3. The Balaban J connectivity index is 2.56. The summed E-state index contributed by atoms with van der Waals surface area (Å²) in [7, 11) is 1.47. The molecule has 2 rings (SSSR count). The van der Waals surface area contributed by atoms with Crippen molar-refractivity contribution >= 4 is 33.3 Å². The predicted octanol–water partition coefficient (Wildman–Crippen LogP) is 4.48. The lowest BCUT2D eigenvalue weighted by molar-refractivity contribution is 0.103. The summed E-state index contributed by atoms with van der Waals surface area (Å²) in [4.78, 5) is 12.4. The van der Waals surface area contributed by atoms with Gasteiger partial charge in [-0.15, -0.1) is 0 Å². The first kappa shape index (κ1) is 14.0. The number of hydrogen-bond donors (Lipinski definition) is 0. The highest BCUT2D eigenvalue weighted by atomic mass is 79.9. The van der Waals surface area contributed by atoms with Crippen LogP contribution in [0.2, 0.25) is 5.02 Å². The quantitative estimate of drug-likeness (QED) is 0.768. The zero-order chi connectivity index (χ0) is 14.0. The third kappa shape index (κ3) is 2.80. The van der Waals surface area contributed by atoms with E-state index in [0.717, 1.165) is 4.47 Å². The molecule has 2 nitrogen and oxygen atoms in total. The van der Waals surface area contributed by atoms with Gasteiger partial charge >= 0.3 is 0 Å². The molecule has 0 saturated heterocycles. The molecule has 0 amide bonds. The fourth-order valence-electron chi connectivity index (χ4n) is 1.68. The number of halogens is 3. The van der Waals surface area contributed by atoms with E-state index in [-0.39, 0.29) is 16.4 Å². The predicted molar refractivity (Wildman–Crippen MR) is 75.5 cm³/mol. The van der Waals surface area contributed by atoms with Crippen molar-refractivity contribution in [2.24, 2.45) is 0 Å². The fraction of sp³-hybridized carbons (Fsp3) is 0.0714. The van der Waals surface area contributed by atoms with Crippen molar-refractivity contribution in [3.05, 3.63) is 62.8 Å². The number of methoxy groups -OCH3 is 1. The highest BCUT2D eigenvalue weighted by molar-refractivity contribution is 9.10. The summed E-state index contributed by atoms with van der Waals surface area (Å²) in [5.74, 6) is -0.599. The van der Waals surface area contributed by atoms with Crippen molar-refractivity contribution in [1.29, 1.82) is 0 Å². The van der Waals surface area contributed by atoms with Crippen molar-refractivity contribution in [2.45, 2.75) is 0 Å². The Bertz CT molecular complexity index is 643. The van der Waals surface area contributed by atoms with Gasteiger partial charge in [0.15, 0.2) is 5.78 Å². The van der Waals surface area contributed by atoms with Crippen molar-refractivity contribution in [1.82, 2.24) is 0 Å². The van der Waals surface area contributed by atoms with E-state index in [9.17, 15) is 9.18 Å². The van der Waals surface area contributed by atoms with Gasteiger partial charge in [0.1, 0.15) is 11.6 Å². The molecule has 0 atom stereocenters. The maximum atomic E-state index is 13.4. The summed E-state index contributed by atoms with van der Waals surface area (Å²) >= 11 is 9.11. The zero-order valence-electron chi connectivity index (χ0n) is 9.91. The SMILES string of the molecule is COc1ccc(Br)cc1C(=O)c1cccc(F)c1Cl. The van der Waals surface area contributed by atoms with Crippen molar-refractivity contribution < 1.29 is 13.9 Å². The fourth-order valence-corrected chi connectivity index (χ4v) is 2.25. The Morgan fingerprint density at radius 3 is 2.68 bits per heavy atom. The topological polar surface area (TPSA) is 26.3 Å². The van der Waals surface area contributed by atoms with Gasteiger partial charge in [0.2, 0.25) is 0 Å². The lowest BCUT2D eigenvalue weighted by atomic mass is 10.0. The number of carbonyl (C=O) groups is 1. The molecule has 5 heteroatoms. The van der Waals surface area contributed by atoms with E-state index in [2.05, 4.69) is 15.9 Å². The van der Waals surface area contributed by atoms with Gasteiger partial charge in [0.25, 0.3) is 0 Å². The van der Waals surface area contributed by atoms with Crippen LogP contribution in [0.5, 0.6) is 5.75 Å². The number of ketones is 1. The van der Waals surface area contributed by atoms with E-state index >= 15 is 0 Å². The van der Waals surface area contributed by atoms with E-state index in [4.69, 9.17) is 16.3 Å². The second-order valence-corrected chi connectivity index (χ2v) is 5.07. The molecule has 0 spiro atoms. The molecular formula is C14H9BrClFO2. The van der Waals surface area contributed by atoms with Crippen molar-refractivity contribution in [3.63, 3.8) is 0 Å². The molecule has 2 aromatic rings. The molecule has 2 aromatic carbocycles. The molecule has 0 radical (unpaired) electrons. The van der Waals surface area contributed by atoms with Gasteiger partial charge in [-0.05, 0) is 30.3 Å². The van der Waals surface area contributed by atoms with Crippen LogP contribution >= 0.6 is 27.5 Å². The smallest absolute Gasteiger partial charge is 0.198 e. The second-order valence-electron chi connectivity index (χ2n) is 3.78. The summed E-state index contributed by atoms with van der Waals surface area (Å²) in [5.41, 5.74) is 0.433. The summed E-state index contributed by atoms with van der Waals surface area (Å²) in [6, 6.07) is 9.15. The van der Waals surface area contributed by atoms with Crippen LogP contribution in [0.25, 0.3) is 0 Å². The number of ether oxygens (including phenoxy) is 1. The lowest BCUT2D eigenvalue weighted by Crippen LogP contribution is -2.05. The Labute approximate surface area is 123 Å². The molecule has 0 N–H and O–H groups in total. The summed E-state index contributed by atoms with van der Waals surface area (Å²) < 4.78 is 19.3. The molecular weight excluding hydrogens is 335 g/mol. The van der Waals surface area contributed by atoms with Crippen LogP contribution in [0, 0.1) is 5.82 Å². The Morgan fingerprint density at radius 1 is 1.26 bits per heavy atom. The Morgan fingerprint density at radius 2 is 2.00 bits per heavy atom. The maximum Gasteiger partial charge on any atom is 0.198 e. The largest absolute Gasteiger partial charge is 0.496 e. The van der Waals surface area contributed by atoms with Gasteiger partial charge in [-0.1, -0.05) is 33.6 Å². The van der Waals surface area contributed by atoms with Crippen LogP contribution in [-0.2, 0) is 0 Å². The number of hydrogen-bond acceptors (Lipinski definition) is 2. The monoisotopic (exact) mass is 342 g/mol.